The van der Waals surface area contributed by atoms with Crippen molar-refractivity contribution in [3.63, 3.8) is 0 Å². The summed E-state index contributed by atoms with van der Waals surface area (Å²) >= 11 is 0. The van der Waals surface area contributed by atoms with Crippen molar-refractivity contribution in [1.82, 2.24) is 15.7 Å². The third-order valence-electron chi connectivity index (χ3n) is 2.99. The number of aromatic nitrogens is 2. The fourth-order valence-corrected chi connectivity index (χ4v) is 2.01. The normalized spacial score (nSPS) is 16.1. The molecule has 2 aromatic rings. The van der Waals surface area contributed by atoms with Gasteiger partial charge in [0.05, 0.1) is 5.71 Å². The molecule has 6 nitrogen and oxygen atoms in total. The van der Waals surface area contributed by atoms with E-state index in [0.29, 0.717) is 17.0 Å². The molecule has 1 aliphatic rings. The summed E-state index contributed by atoms with van der Waals surface area (Å²) in [6.45, 7) is 0. The highest BCUT2D eigenvalue weighted by molar-refractivity contribution is 6.02. The second kappa shape index (κ2) is 5.01. The number of carbonyl (C=O) groups is 1. The molecule has 0 saturated heterocycles. The summed E-state index contributed by atoms with van der Waals surface area (Å²) in [7, 11) is 0. The largest absolute Gasteiger partial charge is 0.271 e. The Morgan fingerprint density at radius 1 is 1.21 bits per heavy atom. The maximum absolute atomic E-state index is 11.9. The summed E-state index contributed by atoms with van der Waals surface area (Å²) in [4.78, 5) is 11.9. The molecule has 6 heteroatoms. The number of benzene rings is 1. The van der Waals surface area contributed by atoms with Crippen molar-refractivity contribution in [2.75, 3.05) is 0 Å². The number of carbonyl (C=O) groups excluding carboxylic acids is 1. The van der Waals surface area contributed by atoms with Crippen molar-refractivity contribution in [3.05, 3.63) is 47.3 Å². The number of amides is 1. The van der Waals surface area contributed by atoms with Crippen molar-refractivity contribution >= 4 is 11.6 Å². The number of nitrogens with zero attached hydrogens (tertiary/aromatic N) is 3. The van der Waals surface area contributed by atoms with Gasteiger partial charge in [0.15, 0.2) is 5.69 Å². The monoisotopic (exact) mass is 256 g/mol. The Hall–Kier alpha value is -2.50. The van der Waals surface area contributed by atoms with E-state index in [0.717, 1.165) is 25.0 Å². The van der Waals surface area contributed by atoms with Crippen LogP contribution in [0.4, 0.5) is 0 Å². The van der Waals surface area contributed by atoms with E-state index in [1.54, 1.807) is 12.1 Å². The molecule has 0 saturated carbocycles. The minimum atomic E-state index is -0.239. The van der Waals surface area contributed by atoms with Gasteiger partial charge in [-0.2, -0.15) is 5.10 Å². The van der Waals surface area contributed by atoms with E-state index in [-0.39, 0.29) is 5.91 Å². The summed E-state index contributed by atoms with van der Waals surface area (Å²) in [6, 6.07) is 8.95. The fraction of sp³-hybridized carbons (Fsp3) is 0.231. The Balaban J connectivity index is 1.76. The first-order chi connectivity index (χ1) is 9.34. The number of hydrogen-bond acceptors (Lipinski definition) is 5. The van der Waals surface area contributed by atoms with Crippen molar-refractivity contribution in [3.8, 4) is 0 Å². The van der Waals surface area contributed by atoms with Crippen LogP contribution in [0.25, 0.3) is 0 Å². The quantitative estimate of drug-likeness (QED) is 0.826. The van der Waals surface area contributed by atoms with E-state index in [1.807, 2.05) is 18.2 Å². The van der Waals surface area contributed by atoms with E-state index in [4.69, 9.17) is 4.63 Å². The van der Waals surface area contributed by atoms with Gasteiger partial charge in [0.25, 0.3) is 5.91 Å². The Morgan fingerprint density at radius 2 is 2.05 bits per heavy atom. The molecule has 96 valence electrons. The zero-order valence-corrected chi connectivity index (χ0v) is 10.2. The Kier molecular flexibility index (Phi) is 3.06. The lowest BCUT2D eigenvalue weighted by Crippen LogP contribution is -2.22. The lowest BCUT2D eigenvalue weighted by Gasteiger charge is -2.09. The molecule has 1 aromatic carbocycles. The molecule has 1 heterocycles. The Morgan fingerprint density at radius 3 is 2.89 bits per heavy atom. The van der Waals surface area contributed by atoms with Crippen LogP contribution in [-0.2, 0) is 6.42 Å². The van der Waals surface area contributed by atoms with Gasteiger partial charge in [0, 0.05) is 5.56 Å². The molecule has 0 atom stereocenters. The van der Waals surface area contributed by atoms with Crippen molar-refractivity contribution in [2.45, 2.75) is 19.3 Å². The number of aryl methyl sites for hydroxylation is 1. The fourth-order valence-electron chi connectivity index (χ4n) is 2.01. The maximum Gasteiger partial charge on any atom is 0.271 e. The van der Waals surface area contributed by atoms with Gasteiger partial charge in [0.2, 0.25) is 0 Å². The van der Waals surface area contributed by atoms with Crippen LogP contribution >= 0.6 is 0 Å². The van der Waals surface area contributed by atoms with Crippen LogP contribution in [0.2, 0.25) is 0 Å². The SMILES string of the molecule is O=C(NN=C1CCCc2nonc21)c1ccccc1. The summed E-state index contributed by atoms with van der Waals surface area (Å²) in [5.41, 5.74) is 5.28. The first-order valence-electron chi connectivity index (χ1n) is 6.08. The van der Waals surface area contributed by atoms with Crippen LogP contribution in [0.3, 0.4) is 0 Å². The van der Waals surface area contributed by atoms with Crippen LogP contribution in [-0.4, -0.2) is 21.9 Å². The molecule has 1 N–H and O–H groups in total. The third-order valence-corrected chi connectivity index (χ3v) is 2.99. The van der Waals surface area contributed by atoms with Crippen LogP contribution in [0.5, 0.6) is 0 Å². The average Bonchev–Trinajstić information content (AvgIpc) is 2.94. The molecular weight excluding hydrogens is 244 g/mol. The van der Waals surface area contributed by atoms with Crippen LogP contribution in [0.1, 0.15) is 34.6 Å². The van der Waals surface area contributed by atoms with Crippen molar-refractivity contribution < 1.29 is 9.42 Å². The second-order valence-corrected chi connectivity index (χ2v) is 4.28. The molecule has 1 aliphatic carbocycles. The smallest absolute Gasteiger partial charge is 0.267 e. The van der Waals surface area contributed by atoms with Crippen molar-refractivity contribution in [2.24, 2.45) is 5.10 Å². The minimum absolute atomic E-state index is 0.239. The minimum Gasteiger partial charge on any atom is -0.267 e. The van der Waals surface area contributed by atoms with Gasteiger partial charge < -0.3 is 0 Å². The highest BCUT2D eigenvalue weighted by atomic mass is 16.6. The van der Waals surface area contributed by atoms with Crippen molar-refractivity contribution in [1.29, 1.82) is 0 Å². The zero-order valence-electron chi connectivity index (χ0n) is 10.2. The Bertz CT molecular complexity index is 619. The highest BCUT2D eigenvalue weighted by Crippen LogP contribution is 2.17. The third kappa shape index (κ3) is 2.37. The van der Waals surface area contributed by atoms with Gasteiger partial charge in [0.1, 0.15) is 5.69 Å². The van der Waals surface area contributed by atoms with Gasteiger partial charge in [-0.15, -0.1) is 0 Å². The summed E-state index contributed by atoms with van der Waals surface area (Å²) in [5.74, 6) is -0.239. The summed E-state index contributed by atoms with van der Waals surface area (Å²) in [6.07, 6.45) is 2.53. The molecule has 0 unspecified atom stereocenters. The predicted molar refractivity (Wildman–Crippen MR) is 67.7 cm³/mol. The topological polar surface area (TPSA) is 80.4 Å². The summed E-state index contributed by atoms with van der Waals surface area (Å²) < 4.78 is 4.70. The highest BCUT2D eigenvalue weighted by Gasteiger charge is 2.21. The first-order valence-corrected chi connectivity index (χ1v) is 6.08. The standard InChI is InChI=1S/C13H12N4O2/c18-13(9-5-2-1-3-6-9)15-14-10-7-4-8-11-12(10)17-19-16-11/h1-3,5-6H,4,7-8H2,(H,15,18). The molecule has 1 amide bonds. The van der Waals surface area contributed by atoms with Gasteiger partial charge in [-0.25, -0.2) is 10.1 Å². The average molecular weight is 256 g/mol. The number of hydrogen-bond donors (Lipinski definition) is 1. The van der Waals surface area contributed by atoms with E-state index in [9.17, 15) is 4.79 Å². The summed E-state index contributed by atoms with van der Waals surface area (Å²) in [5, 5.41) is 11.8. The Labute approximate surface area is 109 Å². The van der Waals surface area contributed by atoms with E-state index >= 15 is 0 Å². The predicted octanol–water partition coefficient (Wildman–Crippen LogP) is 1.54. The molecule has 1 aromatic heterocycles. The molecule has 3 rings (SSSR count). The van der Waals surface area contributed by atoms with E-state index in [1.165, 1.54) is 0 Å². The van der Waals surface area contributed by atoms with Gasteiger partial charge >= 0.3 is 0 Å². The molecule has 0 bridgehead atoms. The lowest BCUT2D eigenvalue weighted by atomic mass is 9.99. The van der Waals surface area contributed by atoms with Crippen LogP contribution < -0.4 is 5.43 Å². The van der Waals surface area contributed by atoms with Gasteiger partial charge in [-0.3, -0.25) is 4.79 Å². The molecular formula is C13H12N4O2. The maximum atomic E-state index is 11.9. The second-order valence-electron chi connectivity index (χ2n) is 4.28. The molecule has 19 heavy (non-hydrogen) atoms. The number of nitrogens with one attached hydrogen (secondary N) is 1. The van der Waals surface area contributed by atoms with Crippen LogP contribution in [0, 0.1) is 0 Å². The zero-order chi connectivity index (χ0) is 13.1. The van der Waals surface area contributed by atoms with Gasteiger partial charge in [-0.1, -0.05) is 23.4 Å². The lowest BCUT2D eigenvalue weighted by molar-refractivity contribution is 0.0954. The van der Waals surface area contributed by atoms with E-state index < -0.39 is 0 Å². The molecule has 0 radical (unpaired) electrons. The van der Waals surface area contributed by atoms with Crippen LogP contribution in [0.15, 0.2) is 40.1 Å². The number of rotatable bonds is 2. The number of hydrazone groups is 1. The molecule has 0 fully saturated rings. The van der Waals surface area contributed by atoms with Gasteiger partial charge in [-0.05, 0) is 36.6 Å². The molecule has 0 spiro atoms. The first kappa shape index (κ1) is 11.6. The number of fused-ring (bicyclic) bond motifs is 1. The van der Waals surface area contributed by atoms with E-state index in [2.05, 4.69) is 20.8 Å². The molecule has 0 aliphatic heterocycles.